The number of benzene rings is 1. The van der Waals surface area contributed by atoms with Crippen molar-refractivity contribution in [3.63, 3.8) is 0 Å². The summed E-state index contributed by atoms with van der Waals surface area (Å²) in [5.74, 6) is 0. The zero-order valence-electron chi connectivity index (χ0n) is 12.2. The van der Waals surface area contributed by atoms with Crippen LogP contribution in [0.3, 0.4) is 0 Å². The van der Waals surface area contributed by atoms with Crippen LogP contribution in [0.15, 0.2) is 35.7 Å². The molecule has 0 saturated carbocycles. The van der Waals surface area contributed by atoms with Crippen LogP contribution in [0.2, 0.25) is 0 Å². The van der Waals surface area contributed by atoms with Crippen LogP contribution in [-0.2, 0) is 6.42 Å². The highest BCUT2D eigenvalue weighted by Gasteiger charge is 2.30. The Morgan fingerprint density at radius 1 is 1.40 bits per heavy atom. The van der Waals surface area contributed by atoms with Gasteiger partial charge in [-0.05, 0) is 42.8 Å². The minimum absolute atomic E-state index is 0.318. The zero-order chi connectivity index (χ0) is 14.1. The molecule has 20 heavy (non-hydrogen) atoms. The molecule has 106 valence electrons. The molecule has 1 aromatic heterocycles. The maximum Gasteiger partial charge on any atom is 0.0476 e. The van der Waals surface area contributed by atoms with Gasteiger partial charge in [-0.3, -0.25) is 4.90 Å². The average Bonchev–Trinajstić information content (AvgIpc) is 2.91. The molecule has 1 aliphatic heterocycles. The number of fused-ring (bicyclic) bond motifs is 1. The van der Waals surface area contributed by atoms with Crippen molar-refractivity contribution in [1.82, 2.24) is 4.90 Å². The summed E-state index contributed by atoms with van der Waals surface area (Å²) in [5.41, 5.74) is 10.2. The van der Waals surface area contributed by atoms with E-state index < -0.39 is 0 Å². The summed E-state index contributed by atoms with van der Waals surface area (Å²) in [6, 6.07) is 11.8. The minimum Gasteiger partial charge on any atom is -0.329 e. The van der Waals surface area contributed by atoms with Crippen LogP contribution < -0.4 is 5.73 Å². The number of thiophene rings is 1. The van der Waals surface area contributed by atoms with Crippen LogP contribution in [0.5, 0.6) is 0 Å². The summed E-state index contributed by atoms with van der Waals surface area (Å²) < 4.78 is 0. The largest absolute Gasteiger partial charge is 0.329 e. The van der Waals surface area contributed by atoms with Gasteiger partial charge in [0.05, 0.1) is 0 Å². The summed E-state index contributed by atoms with van der Waals surface area (Å²) in [4.78, 5) is 4.11. The summed E-state index contributed by atoms with van der Waals surface area (Å²) >= 11 is 1.89. The molecular weight excluding hydrogens is 264 g/mol. The van der Waals surface area contributed by atoms with Crippen molar-refractivity contribution in [2.45, 2.75) is 32.4 Å². The number of aryl methyl sites for hydroxylation is 1. The second-order valence-electron chi connectivity index (χ2n) is 5.63. The van der Waals surface area contributed by atoms with E-state index in [1.165, 1.54) is 16.7 Å². The van der Waals surface area contributed by atoms with Gasteiger partial charge < -0.3 is 5.73 Å². The molecule has 0 bridgehead atoms. The Morgan fingerprint density at radius 3 is 3.00 bits per heavy atom. The Kier molecular flexibility index (Phi) is 3.92. The van der Waals surface area contributed by atoms with Crippen LogP contribution in [0.4, 0.5) is 0 Å². The second-order valence-corrected chi connectivity index (χ2v) is 6.63. The molecule has 2 nitrogen and oxygen atoms in total. The van der Waals surface area contributed by atoms with Gasteiger partial charge in [0, 0.05) is 30.1 Å². The topological polar surface area (TPSA) is 29.3 Å². The van der Waals surface area contributed by atoms with Gasteiger partial charge in [-0.1, -0.05) is 29.8 Å². The lowest BCUT2D eigenvalue weighted by atomic mass is 9.95. The Balaban J connectivity index is 1.91. The number of nitrogens with two attached hydrogens (primary N) is 1. The molecule has 0 saturated heterocycles. The SMILES string of the molecule is Cc1cccc(C(CN)N2CCc3sccc3C2C)c1. The van der Waals surface area contributed by atoms with E-state index in [0.717, 1.165) is 13.0 Å². The smallest absolute Gasteiger partial charge is 0.0476 e. The first kappa shape index (κ1) is 13.8. The van der Waals surface area contributed by atoms with E-state index in [4.69, 9.17) is 5.73 Å². The van der Waals surface area contributed by atoms with Crippen molar-refractivity contribution >= 4 is 11.3 Å². The molecule has 2 heterocycles. The summed E-state index contributed by atoms with van der Waals surface area (Å²) in [6.07, 6.45) is 1.15. The lowest BCUT2D eigenvalue weighted by Gasteiger charge is -2.39. The van der Waals surface area contributed by atoms with Crippen LogP contribution in [-0.4, -0.2) is 18.0 Å². The number of hydrogen-bond acceptors (Lipinski definition) is 3. The van der Waals surface area contributed by atoms with Gasteiger partial charge in [-0.2, -0.15) is 0 Å². The van der Waals surface area contributed by atoms with E-state index in [-0.39, 0.29) is 0 Å². The van der Waals surface area contributed by atoms with E-state index in [2.05, 4.69) is 54.5 Å². The molecular formula is C17H22N2S. The van der Waals surface area contributed by atoms with Crippen molar-refractivity contribution in [3.05, 3.63) is 57.3 Å². The van der Waals surface area contributed by atoms with Gasteiger partial charge in [0.2, 0.25) is 0 Å². The lowest BCUT2D eigenvalue weighted by Crippen LogP contribution is -2.39. The molecule has 2 unspecified atom stereocenters. The Labute approximate surface area is 125 Å². The molecule has 3 rings (SSSR count). The first-order valence-electron chi connectivity index (χ1n) is 7.29. The van der Waals surface area contributed by atoms with Crippen LogP contribution in [0, 0.1) is 6.92 Å². The molecule has 0 spiro atoms. The van der Waals surface area contributed by atoms with Gasteiger partial charge in [0.1, 0.15) is 0 Å². The Bertz CT molecular complexity index is 590. The molecule has 2 atom stereocenters. The van der Waals surface area contributed by atoms with Gasteiger partial charge in [-0.25, -0.2) is 0 Å². The first-order chi connectivity index (χ1) is 9.70. The van der Waals surface area contributed by atoms with Crippen LogP contribution in [0.1, 0.15) is 40.6 Å². The summed E-state index contributed by atoms with van der Waals surface area (Å²) in [6.45, 7) is 6.23. The fraction of sp³-hybridized carbons (Fsp3) is 0.412. The average molecular weight is 286 g/mol. The first-order valence-corrected chi connectivity index (χ1v) is 8.17. The van der Waals surface area contributed by atoms with Gasteiger partial charge in [0.25, 0.3) is 0 Å². The van der Waals surface area contributed by atoms with Crippen molar-refractivity contribution in [2.75, 3.05) is 13.1 Å². The summed E-state index contributed by atoms with van der Waals surface area (Å²) in [5, 5.41) is 2.22. The highest BCUT2D eigenvalue weighted by molar-refractivity contribution is 7.10. The van der Waals surface area contributed by atoms with Crippen molar-refractivity contribution < 1.29 is 0 Å². The molecule has 0 aliphatic carbocycles. The third kappa shape index (κ3) is 2.41. The van der Waals surface area contributed by atoms with E-state index in [1.54, 1.807) is 4.88 Å². The predicted molar refractivity (Wildman–Crippen MR) is 86.1 cm³/mol. The maximum absolute atomic E-state index is 6.10. The van der Waals surface area contributed by atoms with Crippen molar-refractivity contribution in [2.24, 2.45) is 5.73 Å². The zero-order valence-corrected chi connectivity index (χ0v) is 13.0. The van der Waals surface area contributed by atoms with E-state index in [0.29, 0.717) is 18.6 Å². The quantitative estimate of drug-likeness (QED) is 0.932. The van der Waals surface area contributed by atoms with Gasteiger partial charge >= 0.3 is 0 Å². The summed E-state index contributed by atoms with van der Waals surface area (Å²) in [7, 11) is 0. The highest BCUT2D eigenvalue weighted by atomic mass is 32.1. The normalized spacial score (nSPS) is 20.6. The lowest BCUT2D eigenvalue weighted by molar-refractivity contribution is 0.138. The van der Waals surface area contributed by atoms with E-state index >= 15 is 0 Å². The number of rotatable bonds is 3. The minimum atomic E-state index is 0.318. The molecule has 2 N–H and O–H groups in total. The maximum atomic E-state index is 6.10. The monoisotopic (exact) mass is 286 g/mol. The Morgan fingerprint density at radius 2 is 2.25 bits per heavy atom. The van der Waals surface area contributed by atoms with Crippen LogP contribution in [0.25, 0.3) is 0 Å². The second kappa shape index (κ2) is 5.68. The van der Waals surface area contributed by atoms with Crippen molar-refractivity contribution in [1.29, 1.82) is 0 Å². The Hall–Kier alpha value is -1.16. The van der Waals surface area contributed by atoms with Crippen LogP contribution >= 0.6 is 11.3 Å². The number of hydrogen-bond donors (Lipinski definition) is 1. The standard InChI is InChI=1S/C17H22N2S/c1-12-4-3-5-14(10-12)16(11-18)19-8-6-17-15(13(19)2)7-9-20-17/h3-5,7,9-10,13,16H,6,8,11,18H2,1-2H3. The fourth-order valence-corrected chi connectivity index (χ4v) is 4.26. The molecule has 1 aromatic carbocycles. The highest BCUT2D eigenvalue weighted by Crippen LogP contribution is 2.37. The third-order valence-corrected chi connectivity index (χ3v) is 5.37. The number of nitrogens with zero attached hydrogens (tertiary/aromatic N) is 1. The molecule has 0 amide bonds. The third-order valence-electron chi connectivity index (χ3n) is 4.37. The molecule has 1 aliphatic rings. The molecule has 0 fully saturated rings. The van der Waals surface area contributed by atoms with Crippen molar-refractivity contribution in [3.8, 4) is 0 Å². The molecule has 0 radical (unpaired) electrons. The molecule has 2 aromatic rings. The fourth-order valence-electron chi connectivity index (χ4n) is 3.29. The molecule has 3 heteroatoms. The van der Waals surface area contributed by atoms with E-state index in [9.17, 15) is 0 Å². The van der Waals surface area contributed by atoms with E-state index in [1.807, 2.05) is 11.3 Å². The van der Waals surface area contributed by atoms with Gasteiger partial charge in [0.15, 0.2) is 0 Å². The van der Waals surface area contributed by atoms with Gasteiger partial charge in [-0.15, -0.1) is 11.3 Å². The predicted octanol–water partition coefficient (Wildman–Crippen LogP) is 3.68.